The van der Waals surface area contributed by atoms with Gasteiger partial charge in [0.15, 0.2) is 0 Å². The van der Waals surface area contributed by atoms with Crippen LogP contribution in [0.2, 0.25) is 0 Å². The average molecular weight is 293 g/mol. The van der Waals surface area contributed by atoms with Gasteiger partial charge in [0.2, 0.25) is 0 Å². The largest absolute Gasteiger partial charge is 0.497 e. The zero-order valence-corrected chi connectivity index (χ0v) is 11.9. The first kappa shape index (κ1) is 14.1. The number of pyridine rings is 1. The van der Waals surface area contributed by atoms with E-state index in [0.29, 0.717) is 11.4 Å². The molecule has 20 heavy (non-hydrogen) atoms. The minimum absolute atomic E-state index is 0.0124. The number of aryl methyl sites for hydroxylation is 1. The molecule has 0 saturated heterocycles. The number of nitrogens with zero attached hydrogens (tertiary/aromatic N) is 1. The van der Waals surface area contributed by atoms with Crippen molar-refractivity contribution < 1.29 is 13.2 Å². The molecule has 0 bridgehead atoms. The van der Waals surface area contributed by atoms with Crippen molar-refractivity contribution in [2.24, 2.45) is 0 Å². The number of hydrogen-bond donors (Lipinski definition) is 2. The van der Waals surface area contributed by atoms with Crippen LogP contribution in [0.4, 0.5) is 11.5 Å². The fraction of sp³-hybridized carbons (Fsp3) is 0.154. The van der Waals surface area contributed by atoms with E-state index in [1.54, 1.807) is 25.1 Å². The van der Waals surface area contributed by atoms with Gasteiger partial charge in [-0.15, -0.1) is 0 Å². The summed E-state index contributed by atoms with van der Waals surface area (Å²) in [7, 11) is -2.29. The molecule has 0 atom stereocenters. The third kappa shape index (κ3) is 3.00. The van der Waals surface area contributed by atoms with Gasteiger partial charge in [0, 0.05) is 11.8 Å². The lowest BCUT2D eigenvalue weighted by Gasteiger charge is -2.10. The van der Waals surface area contributed by atoms with Crippen LogP contribution in [-0.2, 0) is 10.0 Å². The number of nitrogens with two attached hydrogens (primary N) is 1. The molecular formula is C13H15N3O3S. The highest BCUT2D eigenvalue weighted by Gasteiger charge is 2.18. The molecule has 0 radical (unpaired) electrons. The van der Waals surface area contributed by atoms with Gasteiger partial charge in [-0.3, -0.25) is 4.72 Å². The lowest BCUT2D eigenvalue weighted by molar-refractivity contribution is 0.414. The van der Waals surface area contributed by atoms with Crippen LogP contribution in [0.5, 0.6) is 5.75 Å². The van der Waals surface area contributed by atoms with Crippen LogP contribution in [0, 0.1) is 6.92 Å². The van der Waals surface area contributed by atoms with E-state index >= 15 is 0 Å². The van der Waals surface area contributed by atoms with Crippen LogP contribution in [0.15, 0.2) is 41.3 Å². The molecule has 0 aliphatic rings. The van der Waals surface area contributed by atoms with Crippen LogP contribution in [-0.4, -0.2) is 20.5 Å². The lowest BCUT2D eigenvalue weighted by atomic mass is 10.3. The van der Waals surface area contributed by atoms with Gasteiger partial charge < -0.3 is 10.5 Å². The fourth-order valence-corrected chi connectivity index (χ4v) is 2.81. The summed E-state index contributed by atoms with van der Waals surface area (Å²) in [5.41, 5.74) is 6.58. The van der Waals surface area contributed by atoms with Crippen molar-refractivity contribution >= 4 is 21.5 Å². The average Bonchev–Trinajstić information content (AvgIpc) is 2.37. The van der Waals surface area contributed by atoms with Gasteiger partial charge in [0.25, 0.3) is 10.0 Å². The Morgan fingerprint density at radius 1 is 1.25 bits per heavy atom. The molecule has 6 nitrogen and oxygen atoms in total. The van der Waals surface area contributed by atoms with Gasteiger partial charge in [-0.2, -0.15) is 0 Å². The third-order valence-electron chi connectivity index (χ3n) is 2.63. The third-order valence-corrected chi connectivity index (χ3v) is 4.06. The topological polar surface area (TPSA) is 94.3 Å². The Balaban J connectivity index is 2.36. The maximum atomic E-state index is 12.3. The number of rotatable bonds is 4. The molecule has 1 aromatic heterocycles. The zero-order valence-electron chi connectivity index (χ0n) is 11.1. The summed E-state index contributed by atoms with van der Waals surface area (Å²) < 4.78 is 31.9. The number of nitrogen functional groups attached to an aromatic ring is 1. The normalized spacial score (nSPS) is 11.1. The highest BCUT2D eigenvalue weighted by atomic mass is 32.2. The Hall–Kier alpha value is -2.28. The van der Waals surface area contributed by atoms with Crippen molar-refractivity contribution in [3.8, 4) is 5.75 Å². The van der Waals surface area contributed by atoms with Crippen molar-refractivity contribution in [1.29, 1.82) is 0 Å². The number of methoxy groups -OCH3 is 1. The molecule has 0 fully saturated rings. The van der Waals surface area contributed by atoms with E-state index in [4.69, 9.17) is 10.5 Å². The molecule has 1 aromatic carbocycles. The fourth-order valence-electron chi connectivity index (χ4n) is 1.69. The minimum atomic E-state index is -3.78. The molecule has 0 unspecified atom stereocenters. The van der Waals surface area contributed by atoms with Crippen LogP contribution < -0.4 is 15.2 Å². The molecule has 0 amide bonds. The van der Waals surface area contributed by atoms with Crippen molar-refractivity contribution in [3.63, 3.8) is 0 Å². The van der Waals surface area contributed by atoms with Crippen molar-refractivity contribution in [1.82, 2.24) is 4.98 Å². The first-order valence-corrected chi connectivity index (χ1v) is 7.31. The van der Waals surface area contributed by atoms with Gasteiger partial charge in [-0.1, -0.05) is 6.07 Å². The predicted octanol–water partition coefficient (Wildman–Crippen LogP) is 1.78. The summed E-state index contributed by atoms with van der Waals surface area (Å²) >= 11 is 0. The van der Waals surface area contributed by atoms with Crippen LogP contribution in [0.1, 0.15) is 5.69 Å². The summed E-state index contributed by atoms with van der Waals surface area (Å²) in [4.78, 5) is 4.08. The smallest absolute Gasteiger partial charge is 0.265 e. The van der Waals surface area contributed by atoms with Gasteiger partial charge in [-0.25, -0.2) is 13.4 Å². The van der Waals surface area contributed by atoms with Crippen molar-refractivity contribution in [3.05, 3.63) is 42.1 Å². The van der Waals surface area contributed by atoms with E-state index in [1.165, 1.54) is 25.3 Å². The first-order valence-electron chi connectivity index (χ1n) is 5.82. The summed E-state index contributed by atoms with van der Waals surface area (Å²) in [5.74, 6) is 0.746. The molecule has 0 spiro atoms. The molecule has 0 aliphatic carbocycles. The van der Waals surface area contributed by atoms with E-state index < -0.39 is 10.0 Å². The first-order chi connectivity index (χ1) is 9.42. The Kier molecular flexibility index (Phi) is 3.80. The Bertz CT molecular complexity index is 729. The molecule has 3 N–H and O–H groups in total. The maximum absolute atomic E-state index is 12.3. The molecule has 2 rings (SSSR count). The molecule has 0 saturated carbocycles. The Morgan fingerprint density at radius 3 is 2.60 bits per heavy atom. The monoisotopic (exact) mass is 293 g/mol. The quantitative estimate of drug-likeness (QED) is 0.838. The number of hydrogen-bond acceptors (Lipinski definition) is 5. The number of ether oxygens (including phenoxy) is 1. The van der Waals surface area contributed by atoms with Gasteiger partial charge >= 0.3 is 0 Å². The number of anilines is 2. The minimum Gasteiger partial charge on any atom is -0.497 e. The van der Waals surface area contributed by atoms with Gasteiger partial charge in [-0.05, 0) is 31.2 Å². The molecule has 106 valence electrons. The molecular weight excluding hydrogens is 278 g/mol. The Morgan fingerprint density at radius 2 is 2.00 bits per heavy atom. The van der Waals surface area contributed by atoms with Crippen LogP contribution in [0.25, 0.3) is 0 Å². The van der Waals surface area contributed by atoms with E-state index in [1.807, 2.05) is 0 Å². The van der Waals surface area contributed by atoms with Crippen molar-refractivity contribution in [2.75, 3.05) is 17.6 Å². The molecule has 2 aromatic rings. The summed E-state index contributed by atoms with van der Waals surface area (Å²) in [6.07, 6.45) is 0. The van der Waals surface area contributed by atoms with E-state index in [9.17, 15) is 8.42 Å². The molecule has 1 heterocycles. The summed E-state index contributed by atoms with van der Waals surface area (Å²) in [5, 5.41) is 0. The number of sulfonamides is 1. The van der Waals surface area contributed by atoms with Gasteiger partial charge in [0.1, 0.15) is 16.5 Å². The summed E-state index contributed by atoms with van der Waals surface area (Å²) in [6.45, 7) is 1.78. The standard InChI is InChI=1S/C13H15N3O3S/c1-9-4-3-5-13(15-9)16-20(17,18)12-7-6-10(19-2)8-11(12)14/h3-8H,14H2,1-2H3,(H,15,16). The number of aromatic nitrogens is 1. The zero-order chi connectivity index (χ0) is 14.8. The summed E-state index contributed by atoms with van der Waals surface area (Å²) in [6, 6.07) is 9.46. The van der Waals surface area contributed by atoms with E-state index in [0.717, 1.165) is 0 Å². The highest BCUT2D eigenvalue weighted by molar-refractivity contribution is 7.92. The second kappa shape index (κ2) is 5.38. The molecule has 0 aliphatic heterocycles. The SMILES string of the molecule is COc1ccc(S(=O)(=O)Nc2cccc(C)n2)c(N)c1. The van der Waals surface area contributed by atoms with Crippen molar-refractivity contribution in [2.45, 2.75) is 11.8 Å². The lowest BCUT2D eigenvalue weighted by Crippen LogP contribution is -2.15. The number of nitrogens with one attached hydrogen (secondary N) is 1. The van der Waals surface area contributed by atoms with Crippen LogP contribution in [0.3, 0.4) is 0 Å². The van der Waals surface area contributed by atoms with Crippen LogP contribution >= 0.6 is 0 Å². The van der Waals surface area contributed by atoms with Gasteiger partial charge in [0.05, 0.1) is 12.8 Å². The molecule has 7 heteroatoms. The van der Waals surface area contributed by atoms with E-state index in [-0.39, 0.29) is 16.4 Å². The predicted molar refractivity (Wildman–Crippen MR) is 77.2 cm³/mol. The highest BCUT2D eigenvalue weighted by Crippen LogP contribution is 2.25. The second-order valence-corrected chi connectivity index (χ2v) is 5.82. The second-order valence-electron chi connectivity index (χ2n) is 4.17. The van der Waals surface area contributed by atoms with E-state index in [2.05, 4.69) is 9.71 Å². The maximum Gasteiger partial charge on any atom is 0.265 e. The Labute approximate surface area is 117 Å². The number of benzene rings is 1.